The number of hydrogen-bond acceptors (Lipinski definition) is 7. The maximum absolute atomic E-state index is 13.5. The van der Waals surface area contributed by atoms with E-state index in [9.17, 15) is 19.5 Å². The number of amides is 2. The normalized spacial score (nSPS) is 12.3. The molecule has 230 valence electrons. The molecule has 0 aliphatic carbocycles. The molecule has 0 aliphatic heterocycles. The fraction of sp³-hybridized carbons (Fsp3) is 0.286. The second kappa shape index (κ2) is 16.4. The molecule has 2 atom stereocenters. The first-order chi connectivity index (χ1) is 21.3. The average Bonchev–Trinajstić information content (AvgIpc) is 3.58. The molecular formula is C35H38N2O6S. The quantitative estimate of drug-likeness (QED) is 0.173. The number of carbonyl (C=O) groups excluding carboxylic acids is 3. The number of thiophene rings is 1. The van der Waals surface area contributed by atoms with Gasteiger partial charge in [-0.2, -0.15) is 11.3 Å². The van der Waals surface area contributed by atoms with Crippen molar-refractivity contribution in [2.24, 2.45) is 5.92 Å². The van der Waals surface area contributed by atoms with Crippen molar-refractivity contribution in [3.8, 4) is 11.1 Å². The van der Waals surface area contributed by atoms with Gasteiger partial charge in [0.25, 0.3) is 0 Å². The van der Waals surface area contributed by atoms with E-state index in [-0.39, 0.29) is 38.6 Å². The molecule has 2 N–H and O–H groups in total. The molecule has 1 heterocycles. The lowest BCUT2D eigenvalue weighted by molar-refractivity contribution is -0.155. The van der Waals surface area contributed by atoms with E-state index in [2.05, 4.69) is 10.7 Å². The van der Waals surface area contributed by atoms with Crippen LogP contribution in [-0.2, 0) is 38.7 Å². The van der Waals surface area contributed by atoms with E-state index in [1.807, 2.05) is 110 Å². The van der Waals surface area contributed by atoms with Crippen molar-refractivity contribution >= 4 is 29.3 Å². The number of aliphatic hydroxyl groups excluding tert-OH is 1. The monoisotopic (exact) mass is 614 g/mol. The molecule has 0 fully saturated rings. The Morgan fingerprint density at radius 1 is 0.750 bits per heavy atom. The Hall–Kier alpha value is -4.47. The first kappa shape index (κ1) is 32.4. The van der Waals surface area contributed by atoms with Crippen molar-refractivity contribution in [2.75, 3.05) is 13.1 Å². The Bertz CT molecular complexity index is 1460. The molecule has 0 spiro atoms. The Morgan fingerprint density at radius 3 is 1.89 bits per heavy atom. The van der Waals surface area contributed by atoms with Gasteiger partial charge in [0.05, 0.1) is 6.54 Å². The van der Waals surface area contributed by atoms with Crippen LogP contribution in [0.2, 0.25) is 0 Å². The van der Waals surface area contributed by atoms with Gasteiger partial charge in [0.15, 0.2) is 6.10 Å². The van der Waals surface area contributed by atoms with Crippen molar-refractivity contribution in [2.45, 2.75) is 45.6 Å². The highest BCUT2D eigenvalue weighted by molar-refractivity contribution is 7.08. The first-order valence-corrected chi connectivity index (χ1v) is 15.5. The number of urea groups is 1. The summed E-state index contributed by atoms with van der Waals surface area (Å²) in [6.45, 7) is 3.86. The molecule has 0 saturated heterocycles. The summed E-state index contributed by atoms with van der Waals surface area (Å²) in [6.07, 6.45) is -1.36. The Kier molecular flexibility index (Phi) is 12.1. The van der Waals surface area contributed by atoms with Crippen LogP contribution < -0.4 is 5.32 Å². The number of rotatable bonds is 14. The Balaban J connectivity index is 1.45. The summed E-state index contributed by atoms with van der Waals surface area (Å²) in [5.41, 5.74) is 4.61. The van der Waals surface area contributed by atoms with E-state index in [1.54, 1.807) is 11.3 Å². The van der Waals surface area contributed by atoms with Crippen LogP contribution in [0, 0.1) is 5.92 Å². The smallest absolute Gasteiger partial charge is 0.337 e. The van der Waals surface area contributed by atoms with Crippen LogP contribution in [-0.4, -0.2) is 53.2 Å². The van der Waals surface area contributed by atoms with Gasteiger partial charge in [-0.15, -0.1) is 0 Å². The molecule has 44 heavy (non-hydrogen) atoms. The van der Waals surface area contributed by atoms with Gasteiger partial charge in [-0.05, 0) is 50.6 Å². The van der Waals surface area contributed by atoms with Crippen molar-refractivity contribution in [3.05, 3.63) is 118 Å². The molecule has 0 saturated carbocycles. The van der Waals surface area contributed by atoms with Crippen molar-refractivity contribution in [1.82, 2.24) is 10.2 Å². The molecular weight excluding hydrogens is 576 g/mol. The number of benzene rings is 3. The fourth-order valence-electron chi connectivity index (χ4n) is 4.55. The fourth-order valence-corrected chi connectivity index (χ4v) is 5.21. The molecule has 4 rings (SSSR count). The van der Waals surface area contributed by atoms with Gasteiger partial charge in [0.2, 0.25) is 0 Å². The molecule has 4 aromatic rings. The van der Waals surface area contributed by atoms with Crippen LogP contribution in [0.5, 0.6) is 0 Å². The van der Waals surface area contributed by atoms with Crippen molar-refractivity contribution < 1.29 is 29.0 Å². The molecule has 3 aromatic carbocycles. The van der Waals surface area contributed by atoms with Gasteiger partial charge in [0.1, 0.15) is 19.3 Å². The van der Waals surface area contributed by atoms with Crippen LogP contribution in [0.1, 0.15) is 30.5 Å². The van der Waals surface area contributed by atoms with Crippen LogP contribution in [0.4, 0.5) is 4.79 Å². The highest BCUT2D eigenvalue weighted by atomic mass is 32.1. The standard InChI is InChI=1S/C35H38N2O6S/c1-25(2)20-37(21-32(38)34(40)43-23-28-11-7-4-8-12-28)35(41)36-31(33(39)42-22-27-9-5-3-6-10-27)19-26-13-15-29(16-14-26)30-17-18-44-24-30/h3-18,24-25,31-32,38H,19-23H2,1-2H3,(H,36,41)/t31-,32?/m0/s1. The zero-order valence-corrected chi connectivity index (χ0v) is 25.7. The zero-order chi connectivity index (χ0) is 31.3. The van der Waals surface area contributed by atoms with Crippen LogP contribution >= 0.6 is 11.3 Å². The molecule has 1 unspecified atom stereocenters. The average molecular weight is 615 g/mol. The van der Waals surface area contributed by atoms with E-state index in [4.69, 9.17) is 9.47 Å². The van der Waals surface area contributed by atoms with E-state index in [1.165, 1.54) is 4.90 Å². The minimum Gasteiger partial charge on any atom is -0.459 e. The number of esters is 2. The van der Waals surface area contributed by atoms with Crippen molar-refractivity contribution in [1.29, 1.82) is 0 Å². The molecule has 0 aliphatic rings. The topological polar surface area (TPSA) is 105 Å². The number of carbonyl (C=O) groups is 3. The number of ether oxygens (including phenoxy) is 2. The maximum atomic E-state index is 13.5. The Labute approximate surface area is 262 Å². The molecule has 0 radical (unpaired) electrons. The number of nitrogens with one attached hydrogen (secondary N) is 1. The number of hydrogen-bond donors (Lipinski definition) is 2. The largest absolute Gasteiger partial charge is 0.459 e. The van der Waals surface area contributed by atoms with Crippen LogP contribution in [0.15, 0.2) is 102 Å². The van der Waals surface area contributed by atoms with Crippen molar-refractivity contribution in [3.63, 3.8) is 0 Å². The predicted octanol–water partition coefficient (Wildman–Crippen LogP) is 5.84. The van der Waals surface area contributed by atoms with E-state index in [0.717, 1.165) is 27.8 Å². The lowest BCUT2D eigenvalue weighted by Crippen LogP contribution is -2.52. The molecule has 8 nitrogen and oxygen atoms in total. The maximum Gasteiger partial charge on any atom is 0.337 e. The minimum atomic E-state index is -1.56. The highest BCUT2D eigenvalue weighted by Gasteiger charge is 2.29. The summed E-state index contributed by atoms with van der Waals surface area (Å²) in [7, 11) is 0. The third-order valence-electron chi connectivity index (χ3n) is 6.82. The number of aliphatic hydroxyl groups is 1. The summed E-state index contributed by atoms with van der Waals surface area (Å²) >= 11 is 1.62. The van der Waals surface area contributed by atoms with Gasteiger partial charge < -0.3 is 24.8 Å². The highest BCUT2D eigenvalue weighted by Crippen LogP contribution is 2.23. The van der Waals surface area contributed by atoms with E-state index in [0.29, 0.717) is 0 Å². The van der Waals surface area contributed by atoms with Crippen LogP contribution in [0.25, 0.3) is 11.1 Å². The Morgan fingerprint density at radius 2 is 1.34 bits per heavy atom. The summed E-state index contributed by atoms with van der Waals surface area (Å²) in [5, 5.41) is 17.5. The second-order valence-corrected chi connectivity index (χ2v) is 11.7. The van der Waals surface area contributed by atoms with E-state index >= 15 is 0 Å². The van der Waals surface area contributed by atoms with Gasteiger partial charge in [-0.3, -0.25) is 0 Å². The summed E-state index contributed by atoms with van der Waals surface area (Å²) in [4.78, 5) is 40.8. The second-order valence-electron chi connectivity index (χ2n) is 10.9. The van der Waals surface area contributed by atoms with E-state index < -0.39 is 30.1 Å². The lowest BCUT2D eigenvalue weighted by Gasteiger charge is -2.28. The number of nitrogens with zero attached hydrogens (tertiary/aromatic N) is 1. The third kappa shape index (κ3) is 10.1. The van der Waals surface area contributed by atoms with Crippen LogP contribution in [0.3, 0.4) is 0 Å². The molecule has 9 heteroatoms. The zero-order valence-electron chi connectivity index (χ0n) is 24.9. The molecule has 0 bridgehead atoms. The van der Waals surface area contributed by atoms with Gasteiger partial charge >= 0.3 is 18.0 Å². The van der Waals surface area contributed by atoms with Gasteiger partial charge in [0, 0.05) is 13.0 Å². The summed E-state index contributed by atoms with van der Waals surface area (Å²) < 4.78 is 10.9. The third-order valence-corrected chi connectivity index (χ3v) is 7.50. The molecule has 1 aromatic heterocycles. The summed E-state index contributed by atoms with van der Waals surface area (Å²) in [5.74, 6) is -1.39. The first-order valence-electron chi connectivity index (χ1n) is 14.5. The van der Waals surface area contributed by atoms with Gasteiger partial charge in [-0.1, -0.05) is 98.8 Å². The SMILES string of the molecule is CC(C)CN(CC(O)C(=O)OCc1ccccc1)C(=O)N[C@@H](Cc1ccc(-c2ccsc2)cc1)C(=O)OCc1ccccc1. The summed E-state index contributed by atoms with van der Waals surface area (Å²) in [6, 6.07) is 26.7. The minimum absolute atomic E-state index is 0.00758. The lowest BCUT2D eigenvalue weighted by atomic mass is 10.0. The predicted molar refractivity (Wildman–Crippen MR) is 171 cm³/mol. The molecule has 2 amide bonds. The van der Waals surface area contributed by atoms with Gasteiger partial charge in [-0.25, -0.2) is 14.4 Å².